The number of carbonyl (C=O) groups is 2. The number of nitrogens with one attached hydrogen (secondary N) is 2. The van der Waals surface area contributed by atoms with Crippen molar-refractivity contribution in [2.45, 2.75) is 39.3 Å². The second-order valence-electron chi connectivity index (χ2n) is 4.41. The quantitative estimate of drug-likeness (QED) is 0.710. The molecule has 1 aromatic rings. The number of aromatic nitrogens is 2. The lowest BCUT2D eigenvalue weighted by atomic mass is 10.2. The SMILES string of the molecule is CCCC(NC(=O)NCc1cc(C)nn1C)C(=O)O. The molecule has 0 aromatic carbocycles. The first-order valence-corrected chi connectivity index (χ1v) is 6.20. The third-order valence-electron chi connectivity index (χ3n) is 2.71. The zero-order chi connectivity index (χ0) is 14.4. The Labute approximate surface area is 112 Å². The molecule has 1 unspecified atom stereocenters. The van der Waals surface area contributed by atoms with Crippen molar-refractivity contribution < 1.29 is 14.7 Å². The molecule has 2 amide bonds. The zero-order valence-electron chi connectivity index (χ0n) is 11.4. The Morgan fingerprint density at radius 3 is 2.68 bits per heavy atom. The highest BCUT2D eigenvalue weighted by Gasteiger charge is 2.18. The molecule has 0 spiro atoms. The maximum atomic E-state index is 11.6. The third-order valence-corrected chi connectivity index (χ3v) is 2.71. The highest BCUT2D eigenvalue weighted by atomic mass is 16.4. The van der Waals surface area contributed by atoms with Crippen LogP contribution in [-0.4, -0.2) is 32.9 Å². The fourth-order valence-electron chi connectivity index (χ4n) is 1.76. The third kappa shape index (κ3) is 4.61. The van der Waals surface area contributed by atoms with E-state index in [9.17, 15) is 9.59 Å². The summed E-state index contributed by atoms with van der Waals surface area (Å²) in [5, 5.41) is 18.1. The number of carboxylic acid groups (broad SMARTS) is 1. The van der Waals surface area contributed by atoms with Crippen molar-refractivity contribution in [2.75, 3.05) is 0 Å². The van der Waals surface area contributed by atoms with E-state index in [1.54, 1.807) is 11.7 Å². The fourth-order valence-corrected chi connectivity index (χ4v) is 1.76. The van der Waals surface area contributed by atoms with Crippen LogP contribution in [0.3, 0.4) is 0 Å². The minimum atomic E-state index is -1.02. The molecule has 1 atom stereocenters. The van der Waals surface area contributed by atoms with Gasteiger partial charge >= 0.3 is 12.0 Å². The second kappa shape index (κ2) is 6.77. The van der Waals surface area contributed by atoms with Crippen LogP contribution in [0.1, 0.15) is 31.2 Å². The van der Waals surface area contributed by atoms with Gasteiger partial charge in [-0.1, -0.05) is 13.3 Å². The average Bonchev–Trinajstić information content (AvgIpc) is 2.64. The van der Waals surface area contributed by atoms with Gasteiger partial charge < -0.3 is 15.7 Å². The molecular formula is C12H20N4O3. The summed E-state index contributed by atoms with van der Waals surface area (Å²) in [5.74, 6) is -1.02. The first kappa shape index (κ1) is 15.0. The number of rotatable bonds is 6. The molecule has 3 N–H and O–H groups in total. The van der Waals surface area contributed by atoms with E-state index in [-0.39, 0.29) is 0 Å². The van der Waals surface area contributed by atoms with Gasteiger partial charge in [-0.15, -0.1) is 0 Å². The number of urea groups is 1. The molecule has 0 fully saturated rings. The topological polar surface area (TPSA) is 96.3 Å². The molecule has 1 heterocycles. The lowest BCUT2D eigenvalue weighted by Gasteiger charge is -2.14. The summed E-state index contributed by atoms with van der Waals surface area (Å²) in [7, 11) is 1.79. The van der Waals surface area contributed by atoms with Gasteiger partial charge in [-0.2, -0.15) is 5.10 Å². The van der Waals surface area contributed by atoms with Gasteiger partial charge in [0, 0.05) is 7.05 Å². The van der Waals surface area contributed by atoms with Crippen molar-refractivity contribution in [1.29, 1.82) is 0 Å². The molecule has 0 aliphatic carbocycles. The monoisotopic (exact) mass is 268 g/mol. The lowest BCUT2D eigenvalue weighted by Crippen LogP contribution is -2.45. The van der Waals surface area contributed by atoms with Crippen molar-refractivity contribution >= 4 is 12.0 Å². The first-order chi connectivity index (χ1) is 8.93. The molecular weight excluding hydrogens is 248 g/mol. The van der Waals surface area contributed by atoms with E-state index < -0.39 is 18.0 Å². The fraction of sp³-hybridized carbons (Fsp3) is 0.583. The largest absolute Gasteiger partial charge is 0.480 e. The first-order valence-electron chi connectivity index (χ1n) is 6.20. The van der Waals surface area contributed by atoms with E-state index in [2.05, 4.69) is 15.7 Å². The number of aryl methyl sites for hydroxylation is 2. The molecule has 19 heavy (non-hydrogen) atoms. The van der Waals surface area contributed by atoms with E-state index >= 15 is 0 Å². The van der Waals surface area contributed by atoms with Gasteiger partial charge in [-0.25, -0.2) is 9.59 Å². The number of aliphatic carboxylic acids is 1. The number of carbonyl (C=O) groups excluding carboxylic acids is 1. The van der Waals surface area contributed by atoms with Gasteiger partial charge in [0.2, 0.25) is 0 Å². The van der Waals surface area contributed by atoms with E-state index in [0.717, 1.165) is 11.4 Å². The predicted molar refractivity (Wildman–Crippen MR) is 69.6 cm³/mol. The molecule has 0 saturated carbocycles. The highest BCUT2D eigenvalue weighted by Crippen LogP contribution is 2.01. The van der Waals surface area contributed by atoms with E-state index in [4.69, 9.17) is 5.11 Å². The van der Waals surface area contributed by atoms with E-state index in [1.165, 1.54) is 0 Å². The summed E-state index contributed by atoms with van der Waals surface area (Å²) >= 11 is 0. The predicted octanol–water partition coefficient (Wildman–Crippen LogP) is 0.781. The van der Waals surface area contributed by atoms with Gasteiger partial charge in [-0.05, 0) is 19.4 Å². The number of amides is 2. The van der Waals surface area contributed by atoms with Crippen molar-refractivity contribution in [1.82, 2.24) is 20.4 Å². The van der Waals surface area contributed by atoms with Crippen LogP contribution in [-0.2, 0) is 18.4 Å². The molecule has 7 nitrogen and oxygen atoms in total. The van der Waals surface area contributed by atoms with Crippen LogP contribution < -0.4 is 10.6 Å². The smallest absolute Gasteiger partial charge is 0.326 e. The highest BCUT2D eigenvalue weighted by molar-refractivity contribution is 5.82. The van der Waals surface area contributed by atoms with Crippen LogP contribution in [0.2, 0.25) is 0 Å². The van der Waals surface area contributed by atoms with Crippen LogP contribution in [0.4, 0.5) is 4.79 Å². The minimum Gasteiger partial charge on any atom is -0.480 e. The Hall–Kier alpha value is -2.05. The summed E-state index contributed by atoms with van der Waals surface area (Å²) in [6.45, 7) is 4.04. The van der Waals surface area contributed by atoms with Crippen molar-refractivity contribution in [3.63, 3.8) is 0 Å². The van der Waals surface area contributed by atoms with Crippen LogP contribution in [0.15, 0.2) is 6.07 Å². The summed E-state index contributed by atoms with van der Waals surface area (Å²) in [5.41, 5.74) is 1.73. The normalized spacial score (nSPS) is 11.9. The van der Waals surface area contributed by atoms with Crippen molar-refractivity contribution in [3.05, 3.63) is 17.5 Å². The molecule has 7 heteroatoms. The van der Waals surface area contributed by atoms with Gasteiger partial charge in [0.1, 0.15) is 6.04 Å². The van der Waals surface area contributed by atoms with E-state index in [1.807, 2.05) is 19.9 Å². The Bertz CT molecular complexity index is 456. The molecule has 1 aromatic heterocycles. The van der Waals surface area contributed by atoms with Crippen LogP contribution in [0.25, 0.3) is 0 Å². The van der Waals surface area contributed by atoms with Gasteiger partial charge in [0.25, 0.3) is 0 Å². The average molecular weight is 268 g/mol. The number of hydrogen-bond donors (Lipinski definition) is 3. The standard InChI is InChI=1S/C12H20N4O3/c1-4-5-10(11(17)18)14-12(19)13-7-9-6-8(2)15-16(9)3/h6,10H,4-5,7H2,1-3H3,(H,17,18)(H2,13,14,19). The molecule has 0 bridgehead atoms. The summed E-state index contributed by atoms with van der Waals surface area (Å²) in [4.78, 5) is 22.5. The molecule has 0 aliphatic rings. The minimum absolute atomic E-state index is 0.307. The lowest BCUT2D eigenvalue weighted by molar-refractivity contribution is -0.139. The van der Waals surface area contributed by atoms with Gasteiger partial charge in [0.05, 0.1) is 17.9 Å². The molecule has 0 saturated heterocycles. The zero-order valence-corrected chi connectivity index (χ0v) is 11.4. The second-order valence-corrected chi connectivity index (χ2v) is 4.41. The molecule has 106 valence electrons. The number of hydrogen-bond acceptors (Lipinski definition) is 3. The molecule has 0 aliphatic heterocycles. The van der Waals surface area contributed by atoms with Gasteiger partial charge in [0.15, 0.2) is 0 Å². The Kier molecular flexibility index (Phi) is 5.35. The van der Waals surface area contributed by atoms with Crippen molar-refractivity contribution in [3.8, 4) is 0 Å². The maximum absolute atomic E-state index is 11.6. The Morgan fingerprint density at radius 1 is 1.53 bits per heavy atom. The van der Waals surface area contributed by atoms with Crippen molar-refractivity contribution in [2.24, 2.45) is 7.05 Å². The van der Waals surface area contributed by atoms with Crippen LogP contribution >= 0.6 is 0 Å². The number of nitrogens with zero attached hydrogens (tertiary/aromatic N) is 2. The summed E-state index contributed by atoms with van der Waals surface area (Å²) < 4.78 is 1.68. The Morgan fingerprint density at radius 2 is 2.21 bits per heavy atom. The van der Waals surface area contributed by atoms with E-state index in [0.29, 0.717) is 19.4 Å². The molecule has 1 rings (SSSR count). The van der Waals surface area contributed by atoms with Crippen LogP contribution in [0.5, 0.6) is 0 Å². The molecule has 0 radical (unpaired) electrons. The van der Waals surface area contributed by atoms with Crippen LogP contribution in [0, 0.1) is 6.92 Å². The van der Waals surface area contributed by atoms with Gasteiger partial charge in [-0.3, -0.25) is 4.68 Å². The Balaban J connectivity index is 2.47. The number of carboxylic acids is 1. The maximum Gasteiger partial charge on any atom is 0.326 e. The summed E-state index contributed by atoms with van der Waals surface area (Å²) in [6.07, 6.45) is 1.10. The summed E-state index contributed by atoms with van der Waals surface area (Å²) in [6, 6.07) is 0.527.